The Morgan fingerprint density at radius 3 is 2.41 bits per heavy atom. The van der Waals surface area contributed by atoms with E-state index in [2.05, 4.69) is 10.3 Å². The summed E-state index contributed by atoms with van der Waals surface area (Å²) in [6.07, 6.45) is 2.56. The van der Waals surface area contributed by atoms with E-state index in [-0.39, 0.29) is 30.4 Å². The van der Waals surface area contributed by atoms with Crippen LogP contribution in [0.25, 0.3) is 11.1 Å². The van der Waals surface area contributed by atoms with E-state index in [1.165, 1.54) is 0 Å². The van der Waals surface area contributed by atoms with Crippen LogP contribution in [0.3, 0.4) is 0 Å². The van der Waals surface area contributed by atoms with Gasteiger partial charge in [-0.05, 0) is 54.3 Å². The lowest BCUT2D eigenvalue weighted by Crippen LogP contribution is -2.23. The lowest BCUT2D eigenvalue weighted by molar-refractivity contribution is 0.0692. The molecule has 1 heterocycles. The summed E-state index contributed by atoms with van der Waals surface area (Å²) in [7, 11) is 0. The predicted molar refractivity (Wildman–Crippen MR) is 140 cm³/mol. The minimum absolute atomic E-state index is 0. The molecule has 0 saturated carbocycles. The van der Waals surface area contributed by atoms with E-state index in [0.717, 1.165) is 41.6 Å². The van der Waals surface area contributed by atoms with Gasteiger partial charge in [-0.15, -0.1) is 24.8 Å². The number of pyridine rings is 1. The number of halogens is 3. The van der Waals surface area contributed by atoms with Crippen molar-refractivity contribution in [1.29, 1.82) is 0 Å². The summed E-state index contributed by atoms with van der Waals surface area (Å²) in [5, 5.41) is 23.2. The number of carbonyl (C=O) groups is 1. The number of aromatic nitrogens is 1. The van der Waals surface area contributed by atoms with Crippen molar-refractivity contribution in [1.82, 2.24) is 10.3 Å². The highest BCUT2D eigenvalue weighted by atomic mass is 35.5. The van der Waals surface area contributed by atoms with Crippen LogP contribution in [-0.4, -0.2) is 40.9 Å². The van der Waals surface area contributed by atoms with Crippen LogP contribution in [0.1, 0.15) is 40.9 Å². The predicted octanol–water partition coefficient (Wildman–Crippen LogP) is 5.60. The molecule has 34 heavy (non-hydrogen) atoms. The zero-order chi connectivity index (χ0) is 22.9. The zero-order valence-corrected chi connectivity index (χ0v) is 21.1. The summed E-state index contributed by atoms with van der Waals surface area (Å²) in [5.41, 5.74) is 3.95. The van der Waals surface area contributed by atoms with Gasteiger partial charge in [-0.2, -0.15) is 0 Å². The maximum atomic E-state index is 11.4. The van der Waals surface area contributed by atoms with E-state index in [4.69, 9.17) is 16.3 Å². The third-order valence-electron chi connectivity index (χ3n) is 5.02. The molecule has 6 nitrogen and oxygen atoms in total. The van der Waals surface area contributed by atoms with E-state index in [1.54, 1.807) is 36.5 Å². The Morgan fingerprint density at radius 2 is 1.79 bits per heavy atom. The average Bonchev–Trinajstić information content (AvgIpc) is 2.81. The third-order valence-corrected chi connectivity index (χ3v) is 5.25. The van der Waals surface area contributed by atoms with Crippen molar-refractivity contribution in [3.8, 4) is 16.9 Å². The van der Waals surface area contributed by atoms with Gasteiger partial charge in [0, 0.05) is 18.3 Å². The Labute approximate surface area is 217 Å². The first kappa shape index (κ1) is 29.7. The maximum absolute atomic E-state index is 11.4. The van der Waals surface area contributed by atoms with E-state index < -0.39 is 12.1 Å². The van der Waals surface area contributed by atoms with Gasteiger partial charge >= 0.3 is 5.97 Å². The summed E-state index contributed by atoms with van der Waals surface area (Å²) in [6.45, 7) is 3.60. The number of rotatable bonds is 11. The Kier molecular flexibility index (Phi) is 12.9. The van der Waals surface area contributed by atoms with Crippen LogP contribution < -0.4 is 10.1 Å². The number of carboxylic acid groups (broad SMARTS) is 1. The topological polar surface area (TPSA) is 91.7 Å². The second-order valence-corrected chi connectivity index (χ2v) is 7.83. The Bertz CT molecular complexity index is 1030. The standard InChI is InChI=1S/C25H27ClN2O4.2ClH/c1-2-13-32-23-14-19(7-9-21(23)25(30)31)18-5-3-17(4-6-18)11-12-27-16-22(29)20-8-10-24(26)28-15-20;;/h3-10,14-15,22,27,29H,2,11-13,16H2,1H3,(H,30,31);2*1H/t22-;;/m0../s1. The number of ether oxygens (including phenoxy) is 1. The molecule has 184 valence electrons. The van der Waals surface area contributed by atoms with Crippen molar-refractivity contribution >= 4 is 42.4 Å². The van der Waals surface area contributed by atoms with Gasteiger partial charge in [0.1, 0.15) is 16.5 Å². The second kappa shape index (κ2) is 14.8. The van der Waals surface area contributed by atoms with Gasteiger partial charge in [0.2, 0.25) is 0 Å². The van der Waals surface area contributed by atoms with Gasteiger partial charge in [0.15, 0.2) is 0 Å². The first-order chi connectivity index (χ1) is 15.5. The fourth-order valence-corrected chi connectivity index (χ4v) is 3.36. The molecule has 0 amide bonds. The molecular weight excluding hydrogens is 499 g/mol. The highest BCUT2D eigenvalue weighted by molar-refractivity contribution is 6.29. The Morgan fingerprint density at radius 1 is 1.09 bits per heavy atom. The fraction of sp³-hybridized carbons (Fsp3) is 0.280. The number of aromatic carboxylic acids is 1. The summed E-state index contributed by atoms with van der Waals surface area (Å²) in [6, 6.07) is 16.7. The summed E-state index contributed by atoms with van der Waals surface area (Å²) in [5.74, 6) is -0.609. The Hall–Kier alpha value is -2.35. The van der Waals surface area contributed by atoms with Gasteiger partial charge in [0.25, 0.3) is 0 Å². The van der Waals surface area contributed by atoms with E-state index in [0.29, 0.717) is 24.1 Å². The number of hydrogen-bond acceptors (Lipinski definition) is 5. The molecule has 0 aliphatic heterocycles. The molecule has 1 atom stereocenters. The number of nitrogens with one attached hydrogen (secondary N) is 1. The molecular formula is C25H29Cl3N2O4. The molecule has 0 aliphatic carbocycles. The smallest absolute Gasteiger partial charge is 0.339 e. The largest absolute Gasteiger partial charge is 0.493 e. The van der Waals surface area contributed by atoms with Crippen LogP contribution >= 0.6 is 36.4 Å². The molecule has 1 aromatic heterocycles. The zero-order valence-electron chi connectivity index (χ0n) is 18.7. The average molecular weight is 528 g/mol. The number of hydrogen-bond donors (Lipinski definition) is 3. The van der Waals surface area contributed by atoms with Crippen LogP contribution in [0.2, 0.25) is 5.15 Å². The molecule has 3 rings (SSSR count). The molecule has 0 bridgehead atoms. The molecule has 0 aliphatic rings. The first-order valence-corrected chi connectivity index (χ1v) is 11.0. The highest BCUT2D eigenvalue weighted by Gasteiger charge is 2.13. The maximum Gasteiger partial charge on any atom is 0.339 e. The summed E-state index contributed by atoms with van der Waals surface area (Å²) >= 11 is 5.77. The molecule has 0 unspecified atom stereocenters. The van der Waals surface area contributed by atoms with Crippen molar-refractivity contribution in [2.45, 2.75) is 25.9 Å². The van der Waals surface area contributed by atoms with Crippen LogP contribution in [0.4, 0.5) is 0 Å². The van der Waals surface area contributed by atoms with E-state index >= 15 is 0 Å². The molecule has 3 N–H and O–H groups in total. The third kappa shape index (κ3) is 8.46. The fourth-order valence-electron chi connectivity index (χ4n) is 3.25. The number of benzene rings is 2. The number of aliphatic hydroxyl groups excluding tert-OH is 1. The van der Waals surface area contributed by atoms with Crippen LogP contribution in [0, 0.1) is 0 Å². The van der Waals surface area contributed by atoms with Crippen molar-refractivity contribution in [2.75, 3.05) is 19.7 Å². The van der Waals surface area contributed by atoms with Gasteiger partial charge in [-0.1, -0.05) is 54.9 Å². The monoisotopic (exact) mass is 526 g/mol. The first-order valence-electron chi connectivity index (χ1n) is 10.6. The Balaban J connectivity index is 0.00000289. The second-order valence-electron chi connectivity index (χ2n) is 7.45. The van der Waals surface area contributed by atoms with Crippen molar-refractivity contribution in [3.63, 3.8) is 0 Å². The van der Waals surface area contributed by atoms with Crippen LogP contribution in [0.5, 0.6) is 5.75 Å². The van der Waals surface area contributed by atoms with Crippen molar-refractivity contribution in [2.24, 2.45) is 0 Å². The quantitative estimate of drug-likeness (QED) is 0.222. The van der Waals surface area contributed by atoms with E-state index in [1.807, 2.05) is 31.2 Å². The van der Waals surface area contributed by atoms with Gasteiger partial charge in [-0.25, -0.2) is 9.78 Å². The highest BCUT2D eigenvalue weighted by Crippen LogP contribution is 2.28. The molecule has 3 aromatic rings. The van der Waals surface area contributed by atoms with Crippen LogP contribution in [-0.2, 0) is 6.42 Å². The molecule has 0 radical (unpaired) electrons. The summed E-state index contributed by atoms with van der Waals surface area (Å²) in [4.78, 5) is 15.4. The van der Waals surface area contributed by atoms with Gasteiger partial charge in [-0.3, -0.25) is 0 Å². The SMILES string of the molecule is CCCOc1cc(-c2ccc(CCNC[C@H](O)c3ccc(Cl)nc3)cc2)ccc1C(=O)O.Cl.Cl. The van der Waals surface area contributed by atoms with Gasteiger partial charge < -0.3 is 20.3 Å². The van der Waals surface area contributed by atoms with Crippen LogP contribution in [0.15, 0.2) is 60.8 Å². The number of carboxylic acids is 1. The molecule has 0 spiro atoms. The number of nitrogens with zero attached hydrogens (tertiary/aromatic N) is 1. The summed E-state index contributed by atoms with van der Waals surface area (Å²) < 4.78 is 5.64. The molecule has 2 aromatic carbocycles. The minimum atomic E-state index is -0.997. The van der Waals surface area contributed by atoms with Gasteiger partial charge in [0.05, 0.1) is 12.7 Å². The molecule has 0 saturated heterocycles. The lowest BCUT2D eigenvalue weighted by atomic mass is 10.0. The van der Waals surface area contributed by atoms with E-state index in [9.17, 15) is 15.0 Å². The van der Waals surface area contributed by atoms with Crippen molar-refractivity contribution < 1.29 is 19.7 Å². The lowest BCUT2D eigenvalue weighted by Gasteiger charge is -2.12. The minimum Gasteiger partial charge on any atom is -0.493 e. The normalized spacial score (nSPS) is 11.1. The van der Waals surface area contributed by atoms with Crippen molar-refractivity contribution in [3.05, 3.63) is 82.6 Å². The molecule has 0 fully saturated rings. The number of aliphatic hydroxyl groups is 1. The molecule has 9 heteroatoms.